The zero-order valence-corrected chi connectivity index (χ0v) is 7.75. The normalized spacial score (nSPS) is 16.3. The van der Waals surface area contributed by atoms with Crippen LogP contribution in [0.5, 0.6) is 0 Å². The fourth-order valence-electron chi connectivity index (χ4n) is 1.28. The van der Waals surface area contributed by atoms with E-state index in [1.807, 2.05) is 25.1 Å². The van der Waals surface area contributed by atoms with E-state index in [0.717, 1.165) is 5.57 Å². The molecule has 0 unspecified atom stereocenters. The molecule has 0 saturated carbocycles. The Morgan fingerprint density at radius 2 is 2.08 bits per heavy atom. The summed E-state index contributed by atoms with van der Waals surface area (Å²) in [5.74, 6) is 0.235. The highest BCUT2D eigenvalue weighted by atomic mass is 14.1. The minimum Gasteiger partial charge on any atom is -0.100 e. The van der Waals surface area contributed by atoms with Crippen molar-refractivity contribution in [3.8, 4) is 0 Å². The van der Waals surface area contributed by atoms with Crippen molar-refractivity contribution in [1.82, 2.24) is 0 Å². The van der Waals surface area contributed by atoms with Crippen LogP contribution in [0.15, 0.2) is 42.5 Å². The van der Waals surface area contributed by atoms with Crippen LogP contribution in [0.3, 0.4) is 0 Å². The van der Waals surface area contributed by atoms with Crippen molar-refractivity contribution >= 4 is 0 Å². The van der Waals surface area contributed by atoms with E-state index in [1.165, 1.54) is 5.56 Å². The van der Waals surface area contributed by atoms with Gasteiger partial charge in [0, 0.05) is 1.37 Å². The zero-order valence-electron chi connectivity index (χ0n) is 8.75. The average Bonchev–Trinajstić information content (AvgIpc) is 2.17. The van der Waals surface area contributed by atoms with Gasteiger partial charge in [0.1, 0.15) is 0 Å². The molecular formula is C12H16. The van der Waals surface area contributed by atoms with Gasteiger partial charge in [-0.3, -0.25) is 0 Å². The van der Waals surface area contributed by atoms with E-state index in [-0.39, 0.29) is 12.3 Å². The Bertz CT molecular complexity index is 276. The molecule has 0 aliphatic carbocycles. The van der Waals surface area contributed by atoms with E-state index in [4.69, 9.17) is 1.37 Å². The smallest absolute Gasteiger partial charge is 0.0318 e. The van der Waals surface area contributed by atoms with Crippen molar-refractivity contribution < 1.29 is 1.37 Å². The minimum absolute atomic E-state index is 0.192. The quantitative estimate of drug-likeness (QED) is 0.592. The Kier molecular flexibility index (Phi) is 2.60. The van der Waals surface area contributed by atoms with Crippen LogP contribution >= 0.6 is 0 Å². The van der Waals surface area contributed by atoms with Crippen molar-refractivity contribution in [1.29, 1.82) is 0 Å². The zero-order chi connectivity index (χ0) is 9.84. The number of hydrogen-bond acceptors (Lipinski definition) is 0. The summed E-state index contributed by atoms with van der Waals surface area (Å²) in [7, 11) is 0. The SMILES string of the molecule is [2H][C@@H](C(=C)C)[C@H](C)c1ccccc1. The van der Waals surface area contributed by atoms with E-state index >= 15 is 0 Å². The Balaban J connectivity index is 2.79. The van der Waals surface area contributed by atoms with E-state index < -0.39 is 0 Å². The van der Waals surface area contributed by atoms with Gasteiger partial charge in [0.15, 0.2) is 0 Å². The molecule has 0 aliphatic heterocycles. The summed E-state index contributed by atoms with van der Waals surface area (Å²) in [4.78, 5) is 0. The lowest BCUT2D eigenvalue weighted by Gasteiger charge is -2.10. The van der Waals surface area contributed by atoms with Crippen LogP contribution in [-0.2, 0) is 0 Å². The van der Waals surface area contributed by atoms with Crippen LogP contribution in [0.2, 0.25) is 0 Å². The molecule has 0 nitrogen and oxygen atoms in total. The van der Waals surface area contributed by atoms with Crippen molar-refractivity contribution in [2.45, 2.75) is 26.2 Å². The summed E-state index contributed by atoms with van der Waals surface area (Å²) in [5.41, 5.74) is 2.14. The molecule has 0 aliphatic rings. The number of benzene rings is 1. The fraction of sp³-hybridized carbons (Fsp3) is 0.333. The van der Waals surface area contributed by atoms with Crippen LogP contribution in [0, 0.1) is 0 Å². The lowest BCUT2D eigenvalue weighted by atomic mass is 9.95. The number of hydrogen-bond donors (Lipinski definition) is 0. The molecule has 1 rings (SSSR count). The molecular weight excluding hydrogens is 144 g/mol. The summed E-state index contributed by atoms with van der Waals surface area (Å²) >= 11 is 0. The molecule has 0 heterocycles. The van der Waals surface area contributed by atoms with Gasteiger partial charge in [-0.05, 0) is 24.8 Å². The van der Waals surface area contributed by atoms with Crippen LogP contribution in [0.25, 0.3) is 0 Å². The third-order valence-electron chi connectivity index (χ3n) is 1.86. The van der Waals surface area contributed by atoms with E-state index in [1.54, 1.807) is 0 Å². The first-order chi connectivity index (χ1) is 6.13. The highest BCUT2D eigenvalue weighted by Gasteiger charge is 2.03. The number of allylic oxidation sites excluding steroid dienone is 1. The van der Waals surface area contributed by atoms with Crippen LogP contribution in [-0.4, -0.2) is 0 Å². The molecule has 0 spiro atoms. The van der Waals surface area contributed by atoms with Crippen molar-refractivity contribution in [3.05, 3.63) is 48.0 Å². The first kappa shape index (κ1) is 7.60. The summed E-state index contributed by atoms with van der Waals surface area (Å²) in [6.07, 6.45) is -0.192. The number of rotatable bonds is 3. The first-order valence-corrected chi connectivity index (χ1v) is 4.25. The second kappa shape index (κ2) is 4.10. The first-order valence-electron chi connectivity index (χ1n) is 4.83. The van der Waals surface area contributed by atoms with Gasteiger partial charge in [-0.2, -0.15) is 0 Å². The van der Waals surface area contributed by atoms with Crippen molar-refractivity contribution in [2.75, 3.05) is 0 Å². The predicted octanol–water partition coefficient (Wildman–Crippen LogP) is 3.76. The molecule has 0 saturated heterocycles. The van der Waals surface area contributed by atoms with E-state index in [2.05, 4.69) is 25.6 Å². The summed E-state index contributed by atoms with van der Waals surface area (Å²) in [5, 5.41) is 0. The Morgan fingerprint density at radius 1 is 1.50 bits per heavy atom. The minimum atomic E-state index is -0.192. The maximum absolute atomic E-state index is 7.87. The van der Waals surface area contributed by atoms with Gasteiger partial charge in [0.25, 0.3) is 0 Å². The summed E-state index contributed by atoms with van der Waals surface area (Å²) in [6.45, 7) is 7.80. The van der Waals surface area contributed by atoms with Gasteiger partial charge in [-0.15, -0.1) is 6.58 Å². The fourth-order valence-corrected chi connectivity index (χ4v) is 1.28. The summed E-state index contributed by atoms with van der Waals surface area (Å²) < 4.78 is 7.87. The molecule has 1 aromatic carbocycles. The molecule has 64 valence electrons. The topological polar surface area (TPSA) is 0 Å². The lowest BCUT2D eigenvalue weighted by Crippen LogP contribution is -1.92. The molecule has 2 atom stereocenters. The van der Waals surface area contributed by atoms with Gasteiger partial charge in [0.05, 0.1) is 0 Å². The molecule has 0 heteroatoms. The standard InChI is InChI=1S/C12H16/c1-10(2)9-11(3)12-7-5-4-6-8-12/h4-8,11H,1,9H2,2-3H3/t11-/m0/s1/i9D/t9-,11-. The molecule has 0 bridgehead atoms. The monoisotopic (exact) mass is 161 g/mol. The Morgan fingerprint density at radius 3 is 2.58 bits per heavy atom. The predicted molar refractivity (Wildman–Crippen MR) is 54.3 cm³/mol. The van der Waals surface area contributed by atoms with Crippen LogP contribution in [0.4, 0.5) is 0 Å². The third kappa shape index (κ3) is 2.54. The average molecular weight is 161 g/mol. The molecule has 12 heavy (non-hydrogen) atoms. The van der Waals surface area contributed by atoms with E-state index in [9.17, 15) is 0 Å². The van der Waals surface area contributed by atoms with Gasteiger partial charge >= 0.3 is 0 Å². The van der Waals surface area contributed by atoms with Crippen LogP contribution < -0.4 is 0 Å². The van der Waals surface area contributed by atoms with Crippen LogP contribution in [0.1, 0.15) is 33.1 Å². The molecule has 1 aromatic rings. The van der Waals surface area contributed by atoms with Gasteiger partial charge in [0.2, 0.25) is 0 Å². The maximum atomic E-state index is 7.87. The highest BCUT2D eigenvalue weighted by molar-refractivity contribution is 5.20. The Labute approximate surface area is 76.3 Å². The van der Waals surface area contributed by atoms with Gasteiger partial charge in [-0.25, -0.2) is 0 Å². The Hall–Kier alpha value is -1.04. The molecule has 0 aromatic heterocycles. The maximum Gasteiger partial charge on any atom is 0.0318 e. The lowest BCUT2D eigenvalue weighted by molar-refractivity contribution is 0.753. The molecule has 0 N–H and O–H groups in total. The summed E-state index contributed by atoms with van der Waals surface area (Å²) in [6, 6.07) is 10.1. The van der Waals surface area contributed by atoms with Crippen molar-refractivity contribution in [2.24, 2.45) is 0 Å². The second-order valence-electron chi connectivity index (χ2n) is 3.21. The molecule has 0 fully saturated rings. The van der Waals surface area contributed by atoms with E-state index in [0.29, 0.717) is 0 Å². The molecule has 0 radical (unpaired) electrons. The third-order valence-corrected chi connectivity index (χ3v) is 1.86. The largest absolute Gasteiger partial charge is 0.100 e. The van der Waals surface area contributed by atoms with Gasteiger partial charge < -0.3 is 0 Å². The second-order valence-corrected chi connectivity index (χ2v) is 3.21. The van der Waals surface area contributed by atoms with Gasteiger partial charge in [-0.1, -0.05) is 42.8 Å². The molecule has 0 amide bonds. The highest BCUT2D eigenvalue weighted by Crippen LogP contribution is 2.21. The van der Waals surface area contributed by atoms with Crippen molar-refractivity contribution in [3.63, 3.8) is 0 Å².